The summed E-state index contributed by atoms with van der Waals surface area (Å²) in [5.74, 6) is 0. The van der Waals surface area contributed by atoms with E-state index in [1.54, 1.807) is 0 Å². The Morgan fingerprint density at radius 3 is 2.25 bits per heavy atom. The summed E-state index contributed by atoms with van der Waals surface area (Å²) in [4.78, 5) is 0. The maximum Gasteiger partial charge on any atom is 0.214 e. The topological polar surface area (TPSA) is 46.2 Å². The zero-order valence-corrected chi connectivity index (χ0v) is 11.4. The van der Waals surface area contributed by atoms with Gasteiger partial charge in [-0.1, -0.05) is 26.7 Å². The fourth-order valence-electron chi connectivity index (χ4n) is 2.57. The Kier molecular flexibility index (Phi) is 3.28. The first-order valence-corrected chi connectivity index (χ1v) is 7.97. The molecule has 5 heteroatoms. The second-order valence-electron chi connectivity index (χ2n) is 5.65. The molecule has 2 saturated carbocycles. The van der Waals surface area contributed by atoms with E-state index < -0.39 is 10.0 Å². The maximum atomic E-state index is 12.1. The van der Waals surface area contributed by atoms with Gasteiger partial charge < -0.3 is 0 Å². The van der Waals surface area contributed by atoms with Gasteiger partial charge in [-0.05, 0) is 24.7 Å². The summed E-state index contributed by atoms with van der Waals surface area (Å²) in [6.07, 6.45) is 4.45. The Bertz CT molecular complexity index is 360. The van der Waals surface area contributed by atoms with Crippen molar-refractivity contribution in [3.8, 4) is 0 Å². The van der Waals surface area contributed by atoms with Crippen LogP contribution in [0.2, 0.25) is 0 Å². The van der Waals surface area contributed by atoms with E-state index in [0.717, 1.165) is 32.1 Å². The normalized spacial score (nSPS) is 34.9. The van der Waals surface area contributed by atoms with Crippen LogP contribution < -0.4 is 4.72 Å². The number of rotatable bonds is 3. The Labute approximate surface area is 103 Å². The van der Waals surface area contributed by atoms with Gasteiger partial charge in [0.1, 0.15) is 0 Å². The number of hydrogen-bond donors (Lipinski definition) is 1. The molecule has 2 fully saturated rings. The molecule has 2 aliphatic rings. The van der Waals surface area contributed by atoms with Crippen LogP contribution in [0.5, 0.6) is 0 Å². The van der Waals surface area contributed by atoms with Crippen LogP contribution in [0.4, 0.5) is 0 Å². The van der Waals surface area contributed by atoms with Gasteiger partial charge in [0.15, 0.2) is 0 Å². The first kappa shape index (κ1) is 12.7. The van der Waals surface area contributed by atoms with E-state index in [0.29, 0.717) is 0 Å². The number of sulfonamides is 1. The molecule has 0 radical (unpaired) electrons. The first-order valence-electron chi connectivity index (χ1n) is 5.99. The Balaban J connectivity index is 2.00. The van der Waals surface area contributed by atoms with Crippen molar-refractivity contribution in [1.29, 1.82) is 0 Å². The molecule has 0 aromatic carbocycles. The van der Waals surface area contributed by atoms with Gasteiger partial charge in [-0.3, -0.25) is 0 Å². The third-order valence-electron chi connectivity index (χ3n) is 4.20. The molecule has 0 heterocycles. The fraction of sp³-hybridized carbons (Fsp3) is 1.00. The zero-order chi connectivity index (χ0) is 12.0. The predicted octanol–water partition coefficient (Wildman–Crippen LogP) is 2.25. The number of alkyl halides is 1. The van der Waals surface area contributed by atoms with E-state index in [4.69, 9.17) is 11.6 Å². The van der Waals surface area contributed by atoms with Crippen LogP contribution in [-0.4, -0.2) is 25.1 Å². The minimum Gasteiger partial charge on any atom is -0.212 e. The molecular weight excluding hydrogens is 246 g/mol. The van der Waals surface area contributed by atoms with Crippen LogP contribution in [-0.2, 0) is 10.0 Å². The van der Waals surface area contributed by atoms with E-state index in [-0.39, 0.29) is 22.1 Å². The fourth-order valence-corrected chi connectivity index (χ4v) is 4.84. The average molecular weight is 266 g/mol. The standard InChI is InChI=1S/C11H20ClNO2S/c1-11(2)9(12)7-10(11)13-16(14,15)8-5-3-4-6-8/h8-10,13H,3-7H2,1-2H3. The van der Waals surface area contributed by atoms with E-state index in [2.05, 4.69) is 4.72 Å². The molecule has 0 spiro atoms. The van der Waals surface area contributed by atoms with Gasteiger partial charge in [0, 0.05) is 11.4 Å². The highest BCUT2D eigenvalue weighted by Crippen LogP contribution is 2.45. The lowest BCUT2D eigenvalue weighted by molar-refractivity contribution is 0.137. The third-order valence-corrected chi connectivity index (χ3v) is 6.90. The lowest BCUT2D eigenvalue weighted by Crippen LogP contribution is -2.60. The summed E-state index contributed by atoms with van der Waals surface area (Å²) in [6.45, 7) is 4.05. The van der Waals surface area contributed by atoms with Crippen molar-refractivity contribution in [3.63, 3.8) is 0 Å². The second kappa shape index (κ2) is 4.14. The van der Waals surface area contributed by atoms with Crippen molar-refractivity contribution in [2.24, 2.45) is 5.41 Å². The lowest BCUT2D eigenvalue weighted by atomic mass is 9.67. The third kappa shape index (κ3) is 2.12. The molecule has 16 heavy (non-hydrogen) atoms. The van der Waals surface area contributed by atoms with Crippen molar-refractivity contribution in [1.82, 2.24) is 4.72 Å². The second-order valence-corrected chi connectivity index (χ2v) is 8.17. The Morgan fingerprint density at radius 2 is 1.81 bits per heavy atom. The molecule has 2 rings (SSSR count). The highest BCUT2D eigenvalue weighted by Gasteiger charge is 2.49. The summed E-state index contributed by atoms with van der Waals surface area (Å²) < 4.78 is 27.0. The number of nitrogens with one attached hydrogen (secondary N) is 1. The van der Waals surface area contributed by atoms with E-state index in [1.165, 1.54) is 0 Å². The van der Waals surface area contributed by atoms with Crippen molar-refractivity contribution in [3.05, 3.63) is 0 Å². The summed E-state index contributed by atoms with van der Waals surface area (Å²) in [5, 5.41) is -0.0820. The SMILES string of the molecule is CC1(C)C(Cl)CC1NS(=O)(=O)C1CCCC1. The van der Waals surface area contributed by atoms with Crippen LogP contribution >= 0.6 is 11.6 Å². The highest BCUT2D eigenvalue weighted by molar-refractivity contribution is 7.90. The van der Waals surface area contributed by atoms with Crippen LogP contribution in [0.3, 0.4) is 0 Å². The van der Waals surface area contributed by atoms with Gasteiger partial charge in [0.2, 0.25) is 10.0 Å². The molecule has 2 unspecified atom stereocenters. The Hall–Kier alpha value is 0.200. The van der Waals surface area contributed by atoms with Crippen LogP contribution in [0.1, 0.15) is 46.0 Å². The highest BCUT2D eigenvalue weighted by atomic mass is 35.5. The van der Waals surface area contributed by atoms with Crippen LogP contribution in [0.15, 0.2) is 0 Å². The molecule has 0 aliphatic heterocycles. The van der Waals surface area contributed by atoms with Crippen LogP contribution in [0.25, 0.3) is 0 Å². The summed E-state index contributed by atoms with van der Waals surface area (Å²) >= 11 is 6.09. The Morgan fingerprint density at radius 1 is 1.25 bits per heavy atom. The minimum absolute atomic E-state index is 0.0144. The largest absolute Gasteiger partial charge is 0.214 e. The van der Waals surface area contributed by atoms with Crippen molar-refractivity contribution >= 4 is 21.6 Å². The van der Waals surface area contributed by atoms with Gasteiger partial charge in [-0.2, -0.15) is 0 Å². The number of hydrogen-bond acceptors (Lipinski definition) is 2. The van der Waals surface area contributed by atoms with E-state index in [1.807, 2.05) is 13.8 Å². The molecule has 1 N–H and O–H groups in total. The number of halogens is 1. The molecule has 0 saturated heterocycles. The van der Waals surface area contributed by atoms with E-state index in [9.17, 15) is 8.42 Å². The minimum atomic E-state index is -3.12. The molecule has 2 atom stereocenters. The molecule has 0 bridgehead atoms. The van der Waals surface area contributed by atoms with Gasteiger partial charge in [-0.15, -0.1) is 11.6 Å². The van der Waals surface area contributed by atoms with Crippen molar-refractivity contribution in [2.45, 2.75) is 62.6 Å². The summed E-state index contributed by atoms with van der Waals surface area (Å²) in [6, 6.07) is 0.0144. The molecule has 2 aliphatic carbocycles. The summed E-state index contributed by atoms with van der Waals surface area (Å²) in [5.41, 5.74) is -0.118. The maximum absolute atomic E-state index is 12.1. The van der Waals surface area contributed by atoms with E-state index >= 15 is 0 Å². The molecule has 0 aromatic heterocycles. The van der Waals surface area contributed by atoms with Crippen molar-refractivity contribution < 1.29 is 8.42 Å². The average Bonchev–Trinajstić information content (AvgIpc) is 2.70. The van der Waals surface area contributed by atoms with Gasteiger partial charge in [0.25, 0.3) is 0 Å². The van der Waals surface area contributed by atoms with Gasteiger partial charge >= 0.3 is 0 Å². The quantitative estimate of drug-likeness (QED) is 0.796. The lowest BCUT2D eigenvalue weighted by Gasteiger charge is -2.49. The first-order chi connectivity index (χ1) is 7.34. The molecule has 0 aromatic rings. The monoisotopic (exact) mass is 265 g/mol. The van der Waals surface area contributed by atoms with Crippen LogP contribution in [0, 0.1) is 5.41 Å². The summed E-state index contributed by atoms with van der Waals surface area (Å²) in [7, 11) is -3.12. The van der Waals surface area contributed by atoms with Gasteiger partial charge in [0.05, 0.1) is 5.25 Å². The molecular formula is C11H20ClNO2S. The predicted molar refractivity (Wildman–Crippen MR) is 66.1 cm³/mol. The zero-order valence-electron chi connectivity index (χ0n) is 9.87. The molecule has 0 amide bonds. The smallest absolute Gasteiger partial charge is 0.212 e. The molecule has 3 nitrogen and oxygen atoms in total. The van der Waals surface area contributed by atoms with Gasteiger partial charge in [-0.25, -0.2) is 13.1 Å². The molecule has 94 valence electrons. The van der Waals surface area contributed by atoms with Crippen molar-refractivity contribution in [2.75, 3.05) is 0 Å².